The molecule has 1 unspecified atom stereocenters. The van der Waals surface area contributed by atoms with E-state index in [9.17, 15) is 50.8 Å². The number of aromatic nitrogens is 1. The zero-order valence-electron chi connectivity index (χ0n) is 28.8. The van der Waals surface area contributed by atoms with E-state index in [1.54, 1.807) is 37.5 Å². The van der Waals surface area contributed by atoms with Crippen molar-refractivity contribution in [3.63, 3.8) is 0 Å². The lowest BCUT2D eigenvalue weighted by Crippen LogP contribution is -2.55. The van der Waals surface area contributed by atoms with Gasteiger partial charge in [-0.2, -0.15) is 26.3 Å². The van der Waals surface area contributed by atoms with Crippen molar-refractivity contribution in [3.8, 4) is 0 Å². The van der Waals surface area contributed by atoms with Crippen LogP contribution in [0, 0.1) is 15.5 Å². The molecule has 1 heterocycles. The van der Waals surface area contributed by atoms with Crippen molar-refractivity contribution in [2.45, 2.75) is 97.4 Å². The van der Waals surface area contributed by atoms with Gasteiger partial charge in [-0.3, -0.25) is 20.3 Å². The van der Waals surface area contributed by atoms with E-state index in [-0.39, 0.29) is 38.5 Å². The molecule has 0 aliphatic rings. The number of carbonyl (C=O) groups excluding carboxylic acids is 3. The van der Waals surface area contributed by atoms with Crippen LogP contribution in [0.5, 0.6) is 0 Å². The van der Waals surface area contributed by atoms with Crippen LogP contribution in [0.2, 0.25) is 0 Å². The van der Waals surface area contributed by atoms with E-state index in [0.29, 0.717) is 5.56 Å². The number of hydrazine groups is 1. The SMILES string of the molecule is CCOC(=O)C(CCCC(C)(C)CCNc1nc(C(=O)NNC(=O)OC(C)(C)C)c([N+](=O)[O-])cc1C(F)(F)F)(OCc1ccccc1)C(F)(F)F. The van der Waals surface area contributed by atoms with Crippen LogP contribution >= 0.6 is 0 Å². The number of nitrogens with one attached hydrogen (secondary N) is 3. The number of amides is 2. The number of nitrogens with zero attached hydrogens (tertiary/aromatic N) is 2. The van der Waals surface area contributed by atoms with E-state index >= 15 is 0 Å². The lowest BCUT2D eigenvalue weighted by molar-refractivity contribution is -0.385. The largest absolute Gasteiger partial charge is 0.464 e. The van der Waals surface area contributed by atoms with Gasteiger partial charge in [0.25, 0.3) is 11.5 Å². The van der Waals surface area contributed by atoms with Gasteiger partial charge in [0.1, 0.15) is 17.0 Å². The maximum atomic E-state index is 14.5. The van der Waals surface area contributed by atoms with E-state index in [0.717, 1.165) is 0 Å². The maximum Gasteiger partial charge on any atom is 0.428 e. The minimum absolute atomic E-state index is 0.0357. The molecule has 13 nitrogen and oxygen atoms in total. The number of rotatable bonds is 15. The summed E-state index contributed by atoms with van der Waals surface area (Å²) in [5, 5.41) is 14.0. The van der Waals surface area contributed by atoms with Gasteiger partial charge in [-0.05, 0) is 64.4 Å². The number of hydrogen-bond acceptors (Lipinski definition) is 10. The van der Waals surface area contributed by atoms with Crippen LogP contribution in [-0.4, -0.2) is 58.4 Å². The second-order valence-electron chi connectivity index (χ2n) is 13.1. The topological polar surface area (TPSA) is 171 Å². The highest BCUT2D eigenvalue weighted by Crippen LogP contribution is 2.42. The number of anilines is 1. The summed E-state index contributed by atoms with van der Waals surface area (Å²) in [6, 6.07) is 8.03. The van der Waals surface area contributed by atoms with Gasteiger partial charge >= 0.3 is 30.1 Å². The standard InChI is InChI=1S/C32H41F6N5O8/c1-7-49-26(45)30(32(36,37)38,50-19-20-12-9-8-10-13-20)15-11-14-29(5,6)16-17-39-24-21(31(33,34)35)18-22(43(47)48)23(40-24)25(44)41-42-27(46)51-28(2,3)4/h8-10,12-13,18H,7,11,14-17,19H2,1-6H3,(H,39,40)(H,41,44)(H,42,46). The Balaban J connectivity index is 2.24. The molecule has 0 bridgehead atoms. The third-order valence-corrected chi connectivity index (χ3v) is 7.26. The molecular formula is C32H41F6N5O8. The minimum atomic E-state index is -5.16. The highest BCUT2D eigenvalue weighted by molar-refractivity contribution is 5.97. The molecule has 2 rings (SSSR count). The lowest BCUT2D eigenvalue weighted by Gasteiger charge is -2.34. The molecular weight excluding hydrogens is 696 g/mol. The van der Waals surface area contributed by atoms with Gasteiger partial charge in [-0.1, -0.05) is 44.2 Å². The summed E-state index contributed by atoms with van der Waals surface area (Å²) in [5.74, 6) is -3.97. The zero-order chi connectivity index (χ0) is 38.8. The smallest absolute Gasteiger partial charge is 0.428 e. The Labute approximate surface area is 289 Å². The molecule has 0 aliphatic heterocycles. The number of hydrogen-bond donors (Lipinski definition) is 3. The van der Waals surface area contributed by atoms with Gasteiger partial charge in [0, 0.05) is 12.6 Å². The molecule has 0 fully saturated rings. The van der Waals surface area contributed by atoms with E-state index < -0.39 is 87.7 Å². The van der Waals surface area contributed by atoms with Crippen molar-refractivity contribution in [2.75, 3.05) is 18.5 Å². The predicted octanol–water partition coefficient (Wildman–Crippen LogP) is 7.26. The Morgan fingerprint density at radius 2 is 1.55 bits per heavy atom. The first-order valence-corrected chi connectivity index (χ1v) is 15.6. The number of benzene rings is 1. The molecule has 2 amide bonds. The average molecular weight is 738 g/mol. The Hall–Kier alpha value is -4.68. The molecule has 0 aliphatic carbocycles. The van der Waals surface area contributed by atoms with E-state index in [2.05, 4.69) is 10.3 Å². The number of nitro groups is 1. The van der Waals surface area contributed by atoms with Crippen LogP contribution < -0.4 is 16.2 Å². The first kappa shape index (κ1) is 42.5. The fourth-order valence-corrected chi connectivity index (χ4v) is 4.69. The summed E-state index contributed by atoms with van der Waals surface area (Å²) in [6.07, 6.45) is -12.4. The van der Waals surface area contributed by atoms with Gasteiger partial charge in [-0.25, -0.2) is 20.0 Å². The van der Waals surface area contributed by atoms with Crippen molar-refractivity contribution in [1.29, 1.82) is 0 Å². The number of alkyl halides is 6. The molecule has 3 N–H and O–H groups in total. The molecule has 0 saturated heterocycles. The summed E-state index contributed by atoms with van der Waals surface area (Å²) < 4.78 is 100. The molecule has 1 aromatic carbocycles. The summed E-state index contributed by atoms with van der Waals surface area (Å²) in [7, 11) is 0. The molecule has 284 valence electrons. The monoisotopic (exact) mass is 737 g/mol. The van der Waals surface area contributed by atoms with Crippen LogP contribution in [0.1, 0.15) is 88.8 Å². The van der Waals surface area contributed by atoms with Crippen LogP contribution in [0.4, 0.5) is 42.6 Å². The highest BCUT2D eigenvalue weighted by atomic mass is 19.4. The van der Waals surface area contributed by atoms with Gasteiger partial charge in [0.05, 0.1) is 18.1 Å². The van der Waals surface area contributed by atoms with E-state index in [1.807, 2.05) is 5.43 Å². The normalized spacial score (nSPS) is 13.5. The number of carbonyl (C=O) groups is 3. The number of halogens is 6. The minimum Gasteiger partial charge on any atom is -0.464 e. The number of pyridine rings is 1. The number of esters is 1. The Kier molecular flexibility index (Phi) is 14.2. The molecule has 1 atom stereocenters. The Morgan fingerprint density at radius 3 is 2.08 bits per heavy atom. The summed E-state index contributed by atoms with van der Waals surface area (Å²) >= 11 is 0. The first-order chi connectivity index (χ1) is 23.4. The summed E-state index contributed by atoms with van der Waals surface area (Å²) in [4.78, 5) is 51.2. The molecule has 0 saturated carbocycles. The second-order valence-corrected chi connectivity index (χ2v) is 13.1. The van der Waals surface area contributed by atoms with Gasteiger partial charge < -0.3 is 19.5 Å². The van der Waals surface area contributed by atoms with Crippen LogP contribution in [-0.2, 0) is 31.8 Å². The van der Waals surface area contributed by atoms with Crippen molar-refractivity contribution in [3.05, 3.63) is 63.3 Å². The third-order valence-electron chi connectivity index (χ3n) is 7.26. The maximum absolute atomic E-state index is 14.5. The third kappa shape index (κ3) is 12.6. The number of ether oxygens (including phenoxy) is 3. The average Bonchev–Trinajstić information content (AvgIpc) is 2.99. The second kappa shape index (κ2) is 17.0. The molecule has 1 aromatic heterocycles. The lowest BCUT2D eigenvalue weighted by atomic mass is 9.82. The van der Waals surface area contributed by atoms with Gasteiger partial charge in [0.2, 0.25) is 5.69 Å². The molecule has 51 heavy (non-hydrogen) atoms. The molecule has 0 radical (unpaired) electrons. The van der Waals surface area contributed by atoms with Crippen LogP contribution in [0.15, 0.2) is 36.4 Å². The van der Waals surface area contributed by atoms with Crippen molar-refractivity contribution in [2.24, 2.45) is 5.41 Å². The van der Waals surface area contributed by atoms with Crippen molar-refractivity contribution in [1.82, 2.24) is 15.8 Å². The summed E-state index contributed by atoms with van der Waals surface area (Å²) in [6.45, 7) is 8.01. The van der Waals surface area contributed by atoms with Gasteiger partial charge in [0.15, 0.2) is 0 Å². The Morgan fingerprint density at radius 1 is 0.922 bits per heavy atom. The zero-order valence-corrected chi connectivity index (χ0v) is 28.8. The van der Waals surface area contributed by atoms with Gasteiger partial charge in [-0.15, -0.1) is 0 Å². The predicted molar refractivity (Wildman–Crippen MR) is 170 cm³/mol. The fourth-order valence-electron chi connectivity index (χ4n) is 4.69. The first-order valence-electron chi connectivity index (χ1n) is 15.6. The van der Waals surface area contributed by atoms with Crippen LogP contribution in [0.3, 0.4) is 0 Å². The quantitative estimate of drug-likeness (QED) is 0.0732. The van der Waals surface area contributed by atoms with Crippen molar-refractivity contribution >= 4 is 29.5 Å². The van der Waals surface area contributed by atoms with Crippen molar-refractivity contribution < 1.29 is 59.9 Å². The van der Waals surface area contributed by atoms with E-state index in [1.165, 1.54) is 39.8 Å². The Bertz CT molecular complexity index is 1530. The summed E-state index contributed by atoms with van der Waals surface area (Å²) in [5.41, 5.74) is -5.03. The molecule has 19 heteroatoms. The van der Waals surface area contributed by atoms with E-state index in [4.69, 9.17) is 14.2 Å². The molecule has 0 spiro atoms. The molecule has 2 aromatic rings. The van der Waals surface area contributed by atoms with Crippen LogP contribution in [0.25, 0.3) is 0 Å². The fraction of sp³-hybridized carbons (Fsp3) is 0.562. The highest BCUT2D eigenvalue weighted by Gasteiger charge is 2.62.